The number of nitrogens with zero attached hydrogens (tertiary/aromatic N) is 2. The number of hydrogen-bond acceptors (Lipinski definition) is 5. The number of benzene rings is 1. The molecule has 3 atom stereocenters. The fraction of sp³-hybridized carbons (Fsp3) is 0.533. The zero-order valence-electron chi connectivity index (χ0n) is 14.5. The van der Waals surface area contributed by atoms with Crippen molar-refractivity contribution in [3.8, 4) is 0 Å². The molecule has 24 heavy (non-hydrogen) atoms. The molecule has 1 heterocycles. The minimum atomic E-state index is -3.54. The number of methoxy groups -OCH3 is 1. The van der Waals surface area contributed by atoms with E-state index in [0.717, 1.165) is 5.56 Å². The summed E-state index contributed by atoms with van der Waals surface area (Å²) in [7, 11) is 3.08. The highest BCUT2D eigenvalue weighted by Gasteiger charge is 2.46. The third-order valence-electron chi connectivity index (χ3n) is 3.84. The van der Waals surface area contributed by atoms with E-state index in [1.165, 1.54) is 11.8 Å². The Balaban J connectivity index is 2.13. The summed E-state index contributed by atoms with van der Waals surface area (Å²) in [5.74, 6) is 0. The number of ether oxygens (including phenoxy) is 3. The topological polar surface area (TPSA) is 68.3 Å². The van der Waals surface area contributed by atoms with Gasteiger partial charge in [-0.05, 0) is 19.7 Å². The predicted molar refractivity (Wildman–Crippen MR) is 93.7 cm³/mol. The van der Waals surface area contributed by atoms with E-state index in [1.807, 2.05) is 38.2 Å². The normalized spacial score (nSPS) is 24.5. The largest absolute Gasteiger partial charge is 0.453 e. The van der Waals surface area contributed by atoms with Gasteiger partial charge in [0.15, 0.2) is 6.29 Å². The Morgan fingerprint density at radius 3 is 2.62 bits per heavy atom. The molecule has 0 aromatic heterocycles. The van der Waals surface area contributed by atoms with E-state index in [0.29, 0.717) is 6.54 Å². The van der Waals surface area contributed by atoms with E-state index in [2.05, 4.69) is 0 Å². The highest BCUT2D eigenvalue weighted by molar-refractivity contribution is 7.75. The molecule has 0 amide bonds. The van der Waals surface area contributed by atoms with Gasteiger partial charge in [0, 0.05) is 19.7 Å². The molecule has 1 aromatic rings. The van der Waals surface area contributed by atoms with Gasteiger partial charge < -0.3 is 14.2 Å². The van der Waals surface area contributed by atoms with Crippen LogP contribution in [0.4, 0.5) is 4.79 Å². The molecule has 0 N–H and O–H groups in total. The standard InChI is InChI=1S/C15H24BN2O5P/c1-17(2)24(20,18-9-13(16)23-14(10-18)21-3)15(19)22-11-12-7-5-4-6-8-12/h4-8,13-14H,9-11,16H2,1-3H3. The van der Waals surface area contributed by atoms with E-state index < -0.39 is 19.4 Å². The predicted octanol–water partition coefficient (Wildman–Crippen LogP) is 1.34. The van der Waals surface area contributed by atoms with Gasteiger partial charge in [0.05, 0.1) is 6.54 Å². The van der Waals surface area contributed by atoms with Crippen LogP contribution < -0.4 is 0 Å². The highest BCUT2D eigenvalue weighted by Crippen LogP contribution is 2.54. The number of carbonyl (C=O) groups excluding carboxylic acids is 1. The molecule has 0 bridgehead atoms. The van der Waals surface area contributed by atoms with E-state index in [9.17, 15) is 9.36 Å². The molecule has 1 aliphatic rings. The van der Waals surface area contributed by atoms with Crippen molar-refractivity contribution in [2.45, 2.75) is 18.9 Å². The van der Waals surface area contributed by atoms with E-state index in [4.69, 9.17) is 14.2 Å². The number of hydrogen-bond donors (Lipinski definition) is 0. The smallest absolute Gasteiger partial charge is 0.395 e. The molecule has 2 rings (SSSR count). The quantitative estimate of drug-likeness (QED) is 0.564. The van der Waals surface area contributed by atoms with Crippen molar-refractivity contribution in [3.63, 3.8) is 0 Å². The van der Waals surface area contributed by atoms with Gasteiger partial charge >= 0.3 is 13.2 Å². The molecule has 0 aliphatic carbocycles. The highest BCUT2D eigenvalue weighted by atomic mass is 31.2. The van der Waals surface area contributed by atoms with Crippen LogP contribution in [0, 0.1) is 0 Å². The Morgan fingerprint density at radius 1 is 1.38 bits per heavy atom. The van der Waals surface area contributed by atoms with Crippen molar-refractivity contribution in [1.29, 1.82) is 0 Å². The Morgan fingerprint density at radius 2 is 2.04 bits per heavy atom. The van der Waals surface area contributed by atoms with Crippen molar-refractivity contribution < 1.29 is 23.6 Å². The van der Waals surface area contributed by atoms with Gasteiger partial charge in [-0.2, -0.15) is 0 Å². The van der Waals surface area contributed by atoms with Crippen LogP contribution in [-0.2, 0) is 25.4 Å². The lowest BCUT2D eigenvalue weighted by molar-refractivity contribution is -0.165. The Hall–Kier alpha value is -1.18. The van der Waals surface area contributed by atoms with Crippen molar-refractivity contribution in [2.24, 2.45) is 0 Å². The van der Waals surface area contributed by atoms with Gasteiger partial charge in [-0.25, -0.2) is 14.1 Å². The second-order valence-corrected chi connectivity index (χ2v) is 8.73. The average molecular weight is 354 g/mol. The van der Waals surface area contributed by atoms with Crippen molar-refractivity contribution >= 4 is 21.0 Å². The molecule has 132 valence electrons. The van der Waals surface area contributed by atoms with Crippen molar-refractivity contribution in [2.75, 3.05) is 34.3 Å². The first kappa shape index (κ1) is 19.2. The Bertz CT molecular complexity index is 601. The number of carbonyl (C=O) groups is 1. The molecule has 7 nitrogen and oxygen atoms in total. The summed E-state index contributed by atoms with van der Waals surface area (Å²) >= 11 is 0. The zero-order chi connectivity index (χ0) is 17.7. The fourth-order valence-corrected chi connectivity index (χ4v) is 4.68. The van der Waals surface area contributed by atoms with Crippen molar-refractivity contribution in [3.05, 3.63) is 35.9 Å². The summed E-state index contributed by atoms with van der Waals surface area (Å²) in [5, 5.41) is 0. The first-order valence-corrected chi connectivity index (χ1v) is 9.42. The minimum Gasteiger partial charge on any atom is -0.453 e. The van der Waals surface area contributed by atoms with Crippen LogP contribution in [-0.4, -0.2) is 69.5 Å². The minimum absolute atomic E-state index is 0.0884. The first-order chi connectivity index (χ1) is 11.4. The summed E-state index contributed by atoms with van der Waals surface area (Å²) in [5.41, 5.74) is 0.126. The number of morpholine rings is 1. The fourth-order valence-electron chi connectivity index (χ4n) is 2.58. The third-order valence-corrected chi connectivity index (χ3v) is 6.63. The summed E-state index contributed by atoms with van der Waals surface area (Å²) in [6.45, 7) is 0.706. The van der Waals surface area contributed by atoms with Gasteiger partial charge in [-0.1, -0.05) is 30.3 Å². The first-order valence-electron chi connectivity index (χ1n) is 7.80. The summed E-state index contributed by atoms with van der Waals surface area (Å²) in [6, 6.07) is 9.12. The van der Waals surface area contributed by atoms with Gasteiger partial charge in [-0.3, -0.25) is 4.57 Å². The van der Waals surface area contributed by atoms with E-state index in [1.54, 1.807) is 18.8 Å². The maximum atomic E-state index is 13.5. The maximum absolute atomic E-state index is 13.5. The Labute approximate surface area is 143 Å². The SMILES string of the molecule is BC1CN(P(=O)(C(=O)OCc2ccccc2)N(C)C)CC(OC)O1. The monoisotopic (exact) mass is 354 g/mol. The Kier molecular flexibility index (Phi) is 6.60. The molecular formula is C15H24BN2O5P. The maximum Gasteiger partial charge on any atom is 0.395 e. The van der Waals surface area contributed by atoms with Crippen LogP contribution in [0.3, 0.4) is 0 Å². The molecular weight excluding hydrogens is 330 g/mol. The van der Waals surface area contributed by atoms with Crippen LogP contribution >= 0.6 is 7.44 Å². The molecule has 0 radical (unpaired) electrons. The number of rotatable bonds is 6. The molecule has 1 aromatic carbocycles. The van der Waals surface area contributed by atoms with Crippen LogP contribution in [0.15, 0.2) is 30.3 Å². The van der Waals surface area contributed by atoms with Gasteiger partial charge in [0.2, 0.25) is 0 Å². The molecule has 9 heteroatoms. The third kappa shape index (κ3) is 4.26. The van der Waals surface area contributed by atoms with E-state index >= 15 is 0 Å². The lowest BCUT2D eigenvalue weighted by Crippen LogP contribution is -2.49. The molecule has 0 spiro atoms. The summed E-state index contributed by atoms with van der Waals surface area (Å²) < 4.78 is 32.7. The average Bonchev–Trinajstić information content (AvgIpc) is 2.58. The van der Waals surface area contributed by atoms with Crippen LogP contribution in [0.25, 0.3) is 0 Å². The van der Waals surface area contributed by atoms with Gasteiger partial charge in [0.1, 0.15) is 14.5 Å². The summed E-state index contributed by atoms with van der Waals surface area (Å²) in [6.07, 6.45) is -0.524. The second kappa shape index (κ2) is 8.27. The summed E-state index contributed by atoms with van der Waals surface area (Å²) in [4.78, 5) is 12.6. The zero-order valence-corrected chi connectivity index (χ0v) is 15.4. The van der Waals surface area contributed by atoms with Gasteiger partial charge in [0.25, 0.3) is 0 Å². The van der Waals surface area contributed by atoms with Gasteiger partial charge in [-0.15, -0.1) is 0 Å². The van der Waals surface area contributed by atoms with Crippen LogP contribution in [0.2, 0.25) is 0 Å². The van der Waals surface area contributed by atoms with Crippen molar-refractivity contribution in [1.82, 2.24) is 9.34 Å². The molecule has 3 unspecified atom stereocenters. The van der Waals surface area contributed by atoms with Crippen LogP contribution in [0.5, 0.6) is 0 Å². The lowest BCUT2D eigenvalue weighted by atomic mass is 9.99. The second-order valence-electron chi connectivity index (χ2n) is 5.91. The molecule has 0 saturated carbocycles. The van der Waals surface area contributed by atoms with Crippen LogP contribution in [0.1, 0.15) is 5.56 Å². The lowest BCUT2D eigenvalue weighted by Gasteiger charge is -2.40. The molecule has 1 saturated heterocycles. The molecule has 1 aliphatic heterocycles. The van der Waals surface area contributed by atoms with E-state index in [-0.39, 0.29) is 19.2 Å². The molecule has 1 fully saturated rings.